The number of hydrogen-bond donors (Lipinski definition) is 0. The first-order valence-corrected chi connectivity index (χ1v) is 5.56. The van der Waals surface area contributed by atoms with E-state index < -0.39 is 0 Å². The minimum absolute atomic E-state index is 0.623. The van der Waals surface area contributed by atoms with Crippen molar-refractivity contribution in [1.82, 2.24) is 4.90 Å². The van der Waals surface area contributed by atoms with Crippen molar-refractivity contribution < 1.29 is 0 Å². The topological polar surface area (TPSA) is 3.24 Å². The molecule has 0 spiro atoms. The summed E-state index contributed by atoms with van der Waals surface area (Å²) in [6, 6.07) is 0. The highest BCUT2D eigenvalue weighted by molar-refractivity contribution is 4.94. The molecule has 0 aromatic rings. The van der Waals surface area contributed by atoms with Gasteiger partial charge in [-0.15, -0.1) is 0 Å². The zero-order valence-corrected chi connectivity index (χ0v) is 8.90. The van der Waals surface area contributed by atoms with Gasteiger partial charge in [0.1, 0.15) is 0 Å². The summed E-state index contributed by atoms with van der Waals surface area (Å²) >= 11 is 0. The minimum atomic E-state index is 0.623. The molecule has 1 unspecified atom stereocenters. The third-order valence-corrected chi connectivity index (χ3v) is 3.30. The summed E-state index contributed by atoms with van der Waals surface area (Å²) in [6.07, 6.45) is 7.25. The van der Waals surface area contributed by atoms with Crippen molar-refractivity contribution in [2.45, 2.75) is 58.4 Å². The maximum absolute atomic E-state index is 2.69. The fraction of sp³-hybridized carbons (Fsp3) is 1.00. The molecule has 1 atom stereocenters. The highest BCUT2D eigenvalue weighted by Crippen LogP contribution is 2.36. The smallest absolute Gasteiger partial charge is 0.0181 e. The lowest BCUT2D eigenvalue weighted by Gasteiger charge is -2.39. The number of hydrogen-bond acceptors (Lipinski definition) is 1. The van der Waals surface area contributed by atoms with Gasteiger partial charge >= 0.3 is 0 Å². The van der Waals surface area contributed by atoms with Crippen molar-refractivity contribution in [1.29, 1.82) is 0 Å². The van der Waals surface area contributed by atoms with Crippen LogP contribution >= 0.6 is 0 Å². The molecule has 2 heterocycles. The van der Waals surface area contributed by atoms with Gasteiger partial charge in [0.2, 0.25) is 0 Å². The molecule has 0 bridgehead atoms. The predicted molar refractivity (Wildman–Crippen MR) is 54.4 cm³/mol. The highest BCUT2D eigenvalue weighted by atomic mass is 15.2. The second-order valence-electron chi connectivity index (χ2n) is 4.04. The Morgan fingerprint density at radius 1 is 0.917 bits per heavy atom. The van der Waals surface area contributed by atoms with Gasteiger partial charge in [0.25, 0.3) is 0 Å². The predicted octanol–water partition coefficient (Wildman–Crippen LogP) is 3.05. The standard InChI is InChI=1S/C9H17N.C2H6/c1-9-5-2-3-7-10(9)8-4-6-9;1-2/h2-8H2,1H3;1-2H3. The lowest BCUT2D eigenvalue weighted by Crippen LogP contribution is -2.44. The van der Waals surface area contributed by atoms with Gasteiger partial charge in [-0.05, 0) is 45.7 Å². The lowest BCUT2D eigenvalue weighted by molar-refractivity contribution is 0.108. The van der Waals surface area contributed by atoms with Crippen molar-refractivity contribution in [3.8, 4) is 0 Å². The molecule has 0 radical (unpaired) electrons. The second kappa shape index (κ2) is 4.27. The number of fused-ring (bicyclic) bond motifs is 1. The van der Waals surface area contributed by atoms with E-state index in [0.29, 0.717) is 5.54 Å². The van der Waals surface area contributed by atoms with E-state index in [2.05, 4.69) is 11.8 Å². The Labute approximate surface area is 77.1 Å². The summed E-state index contributed by atoms with van der Waals surface area (Å²) < 4.78 is 0. The van der Waals surface area contributed by atoms with Crippen LogP contribution in [0.25, 0.3) is 0 Å². The van der Waals surface area contributed by atoms with Gasteiger partial charge in [0.05, 0.1) is 0 Å². The molecule has 12 heavy (non-hydrogen) atoms. The molecule has 2 saturated heterocycles. The SMILES string of the molecule is CC.CC12CCCCN1CCC2. The lowest BCUT2D eigenvalue weighted by atomic mass is 9.89. The molecular formula is C11H23N. The van der Waals surface area contributed by atoms with Crippen molar-refractivity contribution in [3.63, 3.8) is 0 Å². The fourth-order valence-corrected chi connectivity index (χ4v) is 2.55. The molecule has 2 aliphatic rings. The van der Waals surface area contributed by atoms with Gasteiger partial charge < -0.3 is 0 Å². The van der Waals surface area contributed by atoms with E-state index in [9.17, 15) is 0 Å². The monoisotopic (exact) mass is 169 g/mol. The van der Waals surface area contributed by atoms with E-state index in [1.807, 2.05) is 13.8 Å². The Bertz CT molecular complexity index is 133. The quantitative estimate of drug-likeness (QED) is 0.539. The molecule has 2 fully saturated rings. The first kappa shape index (κ1) is 10.0. The first-order chi connectivity index (χ1) is 5.81. The maximum atomic E-state index is 2.69. The zero-order valence-electron chi connectivity index (χ0n) is 8.90. The van der Waals surface area contributed by atoms with Crippen LogP contribution in [0.1, 0.15) is 52.9 Å². The van der Waals surface area contributed by atoms with Crippen LogP contribution in [-0.4, -0.2) is 23.5 Å². The largest absolute Gasteiger partial charge is 0.298 e. The Morgan fingerprint density at radius 3 is 2.17 bits per heavy atom. The summed E-state index contributed by atoms with van der Waals surface area (Å²) in [5.41, 5.74) is 0.623. The molecule has 0 aliphatic carbocycles. The van der Waals surface area contributed by atoms with Crippen LogP contribution in [-0.2, 0) is 0 Å². The van der Waals surface area contributed by atoms with E-state index in [0.717, 1.165) is 0 Å². The van der Waals surface area contributed by atoms with Crippen LogP contribution in [0.3, 0.4) is 0 Å². The zero-order chi connectivity index (χ0) is 9.03. The number of rotatable bonds is 0. The Morgan fingerprint density at radius 2 is 1.50 bits per heavy atom. The summed E-state index contributed by atoms with van der Waals surface area (Å²) in [4.78, 5) is 2.69. The van der Waals surface area contributed by atoms with Gasteiger partial charge in [-0.2, -0.15) is 0 Å². The van der Waals surface area contributed by atoms with E-state index in [1.54, 1.807) is 0 Å². The molecule has 0 saturated carbocycles. The van der Waals surface area contributed by atoms with Crippen molar-refractivity contribution in [3.05, 3.63) is 0 Å². The van der Waals surface area contributed by atoms with E-state index in [4.69, 9.17) is 0 Å². The number of piperidine rings is 1. The molecule has 2 rings (SSSR count). The van der Waals surface area contributed by atoms with Gasteiger partial charge in [-0.25, -0.2) is 0 Å². The molecule has 0 aromatic carbocycles. The van der Waals surface area contributed by atoms with Gasteiger partial charge in [-0.1, -0.05) is 20.3 Å². The molecule has 0 amide bonds. The maximum Gasteiger partial charge on any atom is 0.0181 e. The summed E-state index contributed by atoms with van der Waals surface area (Å²) in [7, 11) is 0. The Balaban J connectivity index is 0.000000336. The third kappa shape index (κ3) is 1.82. The van der Waals surface area contributed by atoms with Crippen LogP contribution in [0, 0.1) is 0 Å². The molecule has 1 nitrogen and oxygen atoms in total. The van der Waals surface area contributed by atoms with E-state index in [-0.39, 0.29) is 0 Å². The molecule has 0 N–H and O–H groups in total. The first-order valence-electron chi connectivity index (χ1n) is 5.56. The van der Waals surface area contributed by atoms with Gasteiger partial charge in [-0.3, -0.25) is 4.90 Å². The molecular weight excluding hydrogens is 146 g/mol. The van der Waals surface area contributed by atoms with E-state index in [1.165, 1.54) is 45.2 Å². The van der Waals surface area contributed by atoms with Crippen molar-refractivity contribution >= 4 is 0 Å². The van der Waals surface area contributed by atoms with Crippen LogP contribution < -0.4 is 0 Å². The highest BCUT2D eigenvalue weighted by Gasteiger charge is 2.37. The second-order valence-corrected chi connectivity index (χ2v) is 4.04. The Hall–Kier alpha value is -0.0400. The molecule has 1 heteroatoms. The molecule has 0 aromatic heterocycles. The Kier molecular flexibility index (Phi) is 3.57. The normalized spacial score (nSPS) is 35.2. The average Bonchev–Trinajstić information content (AvgIpc) is 2.49. The van der Waals surface area contributed by atoms with Crippen LogP contribution in [0.5, 0.6) is 0 Å². The molecule has 2 aliphatic heterocycles. The van der Waals surface area contributed by atoms with Gasteiger partial charge in [0, 0.05) is 5.54 Å². The van der Waals surface area contributed by atoms with Crippen molar-refractivity contribution in [2.24, 2.45) is 0 Å². The summed E-state index contributed by atoms with van der Waals surface area (Å²) in [5, 5.41) is 0. The summed E-state index contributed by atoms with van der Waals surface area (Å²) in [5.74, 6) is 0. The number of nitrogens with zero attached hydrogens (tertiary/aromatic N) is 1. The third-order valence-electron chi connectivity index (χ3n) is 3.30. The minimum Gasteiger partial charge on any atom is -0.298 e. The summed E-state index contributed by atoms with van der Waals surface area (Å²) in [6.45, 7) is 9.19. The van der Waals surface area contributed by atoms with Crippen LogP contribution in [0.2, 0.25) is 0 Å². The van der Waals surface area contributed by atoms with Crippen molar-refractivity contribution in [2.75, 3.05) is 13.1 Å². The van der Waals surface area contributed by atoms with Crippen LogP contribution in [0.15, 0.2) is 0 Å². The molecule has 72 valence electrons. The van der Waals surface area contributed by atoms with E-state index >= 15 is 0 Å². The van der Waals surface area contributed by atoms with Gasteiger partial charge in [0.15, 0.2) is 0 Å². The average molecular weight is 169 g/mol. The fourth-order valence-electron chi connectivity index (χ4n) is 2.55. The van der Waals surface area contributed by atoms with Crippen LogP contribution in [0.4, 0.5) is 0 Å².